The molecular formula is C9H16O3Si. The molecule has 1 aliphatic heterocycles. The van der Waals surface area contributed by atoms with Crippen LogP contribution >= 0.6 is 0 Å². The van der Waals surface area contributed by atoms with E-state index < -0.39 is 15.0 Å². The summed E-state index contributed by atoms with van der Waals surface area (Å²) in [6, 6.07) is 1.31. The first-order chi connectivity index (χ1) is 6.20. The highest BCUT2D eigenvalue weighted by molar-refractivity contribution is 6.57. The molecule has 0 aromatic heterocycles. The van der Waals surface area contributed by atoms with Gasteiger partial charge < -0.3 is 9.53 Å². The van der Waals surface area contributed by atoms with Crippen LogP contribution in [0.15, 0.2) is 24.9 Å². The number of carboxylic acids is 1. The summed E-state index contributed by atoms with van der Waals surface area (Å²) in [6.45, 7) is 7.67. The van der Waals surface area contributed by atoms with Gasteiger partial charge in [-0.05, 0) is 12.5 Å². The SMILES string of the molecule is C=CC(=O)O.C=C[SiH]1CCCCO1. The van der Waals surface area contributed by atoms with Gasteiger partial charge in [0.25, 0.3) is 0 Å². The number of hydrogen-bond donors (Lipinski definition) is 1. The lowest BCUT2D eigenvalue weighted by Crippen LogP contribution is -2.20. The Morgan fingerprint density at radius 3 is 2.31 bits per heavy atom. The summed E-state index contributed by atoms with van der Waals surface area (Å²) < 4.78 is 5.45. The van der Waals surface area contributed by atoms with Gasteiger partial charge in [0.2, 0.25) is 9.04 Å². The third-order valence-corrected chi connectivity index (χ3v) is 3.82. The van der Waals surface area contributed by atoms with Crippen molar-refractivity contribution < 1.29 is 14.3 Å². The molecule has 1 rings (SSSR count). The van der Waals surface area contributed by atoms with Crippen LogP contribution in [0.1, 0.15) is 12.8 Å². The molecule has 1 saturated heterocycles. The fourth-order valence-corrected chi connectivity index (χ4v) is 2.65. The normalized spacial score (nSPS) is 20.8. The van der Waals surface area contributed by atoms with Gasteiger partial charge in [-0.15, -0.1) is 6.58 Å². The third-order valence-electron chi connectivity index (χ3n) is 1.65. The molecule has 0 aromatic rings. The van der Waals surface area contributed by atoms with Gasteiger partial charge in [0.1, 0.15) is 0 Å². The smallest absolute Gasteiger partial charge is 0.327 e. The highest BCUT2D eigenvalue weighted by atomic mass is 28.3. The van der Waals surface area contributed by atoms with Crippen molar-refractivity contribution in [1.82, 2.24) is 0 Å². The first kappa shape index (κ1) is 12.1. The van der Waals surface area contributed by atoms with Crippen LogP contribution in [0, 0.1) is 0 Å². The lowest BCUT2D eigenvalue weighted by molar-refractivity contribution is -0.131. The maximum absolute atomic E-state index is 9.25. The molecule has 74 valence electrons. The van der Waals surface area contributed by atoms with E-state index in [4.69, 9.17) is 9.53 Å². The van der Waals surface area contributed by atoms with Crippen molar-refractivity contribution in [3.63, 3.8) is 0 Å². The van der Waals surface area contributed by atoms with Gasteiger partial charge in [-0.2, -0.15) is 0 Å². The van der Waals surface area contributed by atoms with Crippen molar-refractivity contribution >= 4 is 15.0 Å². The third kappa shape index (κ3) is 7.49. The Bertz CT molecular complexity index is 174. The molecule has 0 aromatic carbocycles. The second kappa shape index (κ2) is 7.76. The lowest BCUT2D eigenvalue weighted by Gasteiger charge is -2.16. The molecule has 13 heavy (non-hydrogen) atoms. The zero-order valence-corrected chi connectivity index (χ0v) is 8.89. The summed E-state index contributed by atoms with van der Waals surface area (Å²) in [5, 5.41) is 7.60. The summed E-state index contributed by atoms with van der Waals surface area (Å²) in [5.41, 5.74) is 2.03. The summed E-state index contributed by atoms with van der Waals surface area (Å²) in [4.78, 5) is 9.25. The summed E-state index contributed by atoms with van der Waals surface area (Å²) in [7, 11) is -0.841. The molecule has 0 saturated carbocycles. The van der Waals surface area contributed by atoms with Gasteiger partial charge in [-0.25, -0.2) is 4.79 Å². The van der Waals surface area contributed by atoms with E-state index in [-0.39, 0.29) is 0 Å². The molecule has 1 aliphatic rings. The van der Waals surface area contributed by atoms with Crippen LogP contribution < -0.4 is 0 Å². The Kier molecular flexibility index (Phi) is 7.24. The van der Waals surface area contributed by atoms with Gasteiger partial charge in [-0.1, -0.05) is 18.7 Å². The predicted molar refractivity (Wildman–Crippen MR) is 55.2 cm³/mol. The average molecular weight is 200 g/mol. The minimum atomic E-state index is -0.981. The predicted octanol–water partition coefficient (Wildman–Crippen LogP) is 1.50. The highest BCUT2D eigenvalue weighted by Gasteiger charge is 2.10. The maximum atomic E-state index is 9.25. The van der Waals surface area contributed by atoms with Crippen molar-refractivity contribution in [3.05, 3.63) is 24.9 Å². The van der Waals surface area contributed by atoms with Gasteiger partial charge in [0.05, 0.1) is 0 Å². The van der Waals surface area contributed by atoms with E-state index in [0.29, 0.717) is 0 Å². The van der Waals surface area contributed by atoms with Crippen LogP contribution in [0.3, 0.4) is 0 Å². The first-order valence-electron chi connectivity index (χ1n) is 4.30. The number of aliphatic carboxylic acids is 1. The van der Waals surface area contributed by atoms with Crippen LogP contribution in [0.25, 0.3) is 0 Å². The van der Waals surface area contributed by atoms with Crippen molar-refractivity contribution in [2.45, 2.75) is 18.9 Å². The minimum absolute atomic E-state index is 0.833. The number of hydrogen-bond acceptors (Lipinski definition) is 2. The van der Waals surface area contributed by atoms with E-state index in [2.05, 4.69) is 13.2 Å². The second-order valence-corrected chi connectivity index (χ2v) is 5.14. The zero-order valence-electron chi connectivity index (χ0n) is 7.74. The molecule has 0 radical (unpaired) electrons. The Balaban J connectivity index is 0.000000252. The average Bonchev–Trinajstić information content (AvgIpc) is 2.20. The minimum Gasteiger partial charge on any atom is -0.478 e. The van der Waals surface area contributed by atoms with Gasteiger partial charge in [0.15, 0.2) is 0 Å². The summed E-state index contributed by atoms with van der Waals surface area (Å²) in [5.74, 6) is -0.981. The monoisotopic (exact) mass is 200 g/mol. The molecule has 0 bridgehead atoms. The Morgan fingerprint density at radius 1 is 1.46 bits per heavy atom. The van der Waals surface area contributed by atoms with Crippen LogP contribution in [-0.2, 0) is 9.22 Å². The van der Waals surface area contributed by atoms with Crippen molar-refractivity contribution in [3.8, 4) is 0 Å². The molecule has 0 aliphatic carbocycles. The van der Waals surface area contributed by atoms with E-state index >= 15 is 0 Å². The molecule has 0 amide bonds. The number of rotatable bonds is 2. The van der Waals surface area contributed by atoms with E-state index in [9.17, 15) is 4.79 Å². The van der Waals surface area contributed by atoms with Crippen LogP contribution in [0.4, 0.5) is 0 Å². The van der Waals surface area contributed by atoms with Gasteiger partial charge >= 0.3 is 5.97 Å². The summed E-state index contributed by atoms with van der Waals surface area (Å²) >= 11 is 0. The van der Waals surface area contributed by atoms with Crippen molar-refractivity contribution in [1.29, 1.82) is 0 Å². The molecule has 3 nitrogen and oxygen atoms in total. The molecule has 1 atom stereocenters. The van der Waals surface area contributed by atoms with E-state index in [0.717, 1.165) is 12.7 Å². The van der Waals surface area contributed by atoms with Crippen molar-refractivity contribution in [2.24, 2.45) is 0 Å². The topological polar surface area (TPSA) is 46.5 Å². The standard InChI is InChI=1S/C6H12OSi.C3H4O2/c1-2-8-6-4-3-5-7-8;1-2-3(4)5/h2,8H,1,3-6H2;2H,1H2,(H,4,5). The molecule has 1 fully saturated rings. The first-order valence-corrected chi connectivity index (χ1v) is 6.25. The fraction of sp³-hybridized carbons (Fsp3) is 0.444. The van der Waals surface area contributed by atoms with Gasteiger partial charge in [-0.3, -0.25) is 0 Å². The quantitative estimate of drug-likeness (QED) is 0.543. The molecule has 1 unspecified atom stereocenters. The Hall–Kier alpha value is -0.873. The number of carbonyl (C=O) groups is 1. The fourth-order valence-electron chi connectivity index (χ4n) is 0.952. The van der Waals surface area contributed by atoms with Crippen molar-refractivity contribution in [2.75, 3.05) is 6.61 Å². The second-order valence-electron chi connectivity index (χ2n) is 2.68. The Morgan fingerprint density at radius 2 is 2.08 bits per heavy atom. The van der Waals surface area contributed by atoms with Crippen LogP contribution in [0.5, 0.6) is 0 Å². The highest BCUT2D eigenvalue weighted by Crippen LogP contribution is 2.10. The lowest BCUT2D eigenvalue weighted by atomic mass is 10.4. The van der Waals surface area contributed by atoms with E-state index in [1.165, 1.54) is 18.9 Å². The van der Waals surface area contributed by atoms with Crippen LogP contribution in [0.2, 0.25) is 6.04 Å². The largest absolute Gasteiger partial charge is 0.478 e. The summed E-state index contributed by atoms with van der Waals surface area (Å²) in [6.07, 6.45) is 3.46. The molecule has 4 heteroatoms. The molecular weight excluding hydrogens is 184 g/mol. The van der Waals surface area contributed by atoms with E-state index in [1.54, 1.807) is 0 Å². The zero-order chi connectivity index (χ0) is 10.1. The van der Waals surface area contributed by atoms with Gasteiger partial charge in [0, 0.05) is 12.7 Å². The molecule has 1 N–H and O–H groups in total. The molecule has 0 spiro atoms. The Labute approximate surface area is 80.4 Å². The maximum Gasteiger partial charge on any atom is 0.327 e. The molecule has 1 heterocycles. The van der Waals surface area contributed by atoms with E-state index in [1.807, 2.05) is 5.70 Å². The van der Waals surface area contributed by atoms with Crippen LogP contribution in [-0.4, -0.2) is 26.7 Å². The number of carboxylic acid groups (broad SMARTS) is 1.